The number of likely N-dealkylation sites (N-methyl/N-ethyl adjacent to an activating group) is 1. The highest BCUT2D eigenvalue weighted by molar-refractivity contribution is 5.89. The standard InChI is InChI=1S/C19H28N4O3/c1-4-21(3)10-6-7-18(24)22-12-16(14-8-9-14)23-15(19(25)26-5-2)11-20-17(23)13-22/h6-7,11,14,16H,4-5,8-10,12-13H2,1-3H3/b7-6+. The van der Waals surface area contributed by atoms with Gasteiger partial charge < -0.3 is 19.1 Å². The van der Waals surface area contributed by atoms with Crippen molar-refractivity contribution in [2.45, 2.75) is 39.3 Å². The van der Waals surface area contributed by atoms with Crippen LogP contribution in [0.3, 0.4) is 0 Å². The molecule has 1 aliphatic carbocycles. The number of rotatable bonds is 7. The number of nitrogens with zero attached hydrogens (tertiary/aromatic N) is 4. The smallest absolute Gasteiger partial charge is 0.356 e. The highest BCUT2D eigenvalue weighted by atomic mass is 16.5. The first kappa shape index (κ1) is 18.6. The molecule has 1 unspecified atom stereocenters. The molecule has 0 spiro atoms. The summed E-state index contributed by atoms with van der Waals surface area (Å²) in [5.74, 6) is 0.942. The summed E-state index contributed by atoms with van der Waals surface area (Å²) in [6, 6.07) is 0.108. The maximum Gasteiger partial charge on any atom is 0.356 e. The quantitative estimate of drug-likeness (QED) is 0.548. The molecule has 7 heteroatoms. The van der Waals surface area contributed by atoms with Gasteiger partial charge in [-0.3, -0.25) is 4.79 Å². The van der Waals surface area contributed by atoms with Gasteiger partial charge in [-0.25, -0.2) is 9.78 Å². The molecule has 142 valence electrons. The monoisotopic (exact) mass is 360 g/mol. The first-order valence-corrected chi connectivity index (χ1v) is 9.42. The number of imidazole rings is 1. The van der Waals surface area contributed by atoms with Crippen LogP contribution in [-0.4, -0.2) is 64.5 Å². The molecule has 1 fully saturated rings. The van der Waals surface area contributed by atoms with Crippen molar-refractivity contribution >= 4 is 11.9 Å². The van der Waals surface area contributed by atoms with Gasteiger partial charge >= 0.3 is 5.97 Å². The van der Waals surface area contributed by atoms with E-state index >= 15 is 0 Å². The predicted molar refractivity (Wildman–Crippen MR) is 97.7 cm³/mol. The van der Waals surface area contributed by atoms with Crippen LogP contribution in [0.25, 0.3) is 0 Å². The van der Waals surface area contributed by atoms with Crippen molar-refractivity contribution in [3.8, 4) is 0 Å². The zero-order valence-corrected chi connectivity index (χ0v) is 15.9. The number of esters is 1. The van der Waals surface area contributed by atoms with Gasteiger partial charge in [0.25, 0.3) is 0 Å². The Kier molecular flexibility index (Phi) is 5.76. The second-order valence-corrected chi connectivity index (χ2v) is 7.03. The normalized spacial score (nSPS) is 19.8. The molecule has 1 aromatic heterocycles. The Morgan fingerprint density at radius 1 is 1.38 bits per heavy atom. The summed E-state index contributed by atoms with van der Waals surface area (Å²) in [5.41, 5.74) is 0.506. The lowest BCUT2D eigenvalue weighted by Crippen LogP contribution is -2.42. The topological polar surface area (TPSA) is 67.7 Å². The second-order valence-electron chi connectivity index (χ2n) is 7.03. The molecule has 0 N–H and O–H groups in total. The highest BCUT2D eigenvalue weighted by Crippen LogP contribution is 2.43. The molecule has 1 atom stereocenters. The van der Waals surface area contributed by atoms with Crippen molar-refractivity contribution in [1.29, 1.82) is 0 Å². The van der Waals surface area contributed by atoms with Gasteiger partial charge in [0.2, 0.25) is 5.91 Å². The lowest BCUT2D eigenvalue weighted by Gasteiger charge is -2.34. The van der Waals surface area contributed by atoms with Gasteiger partial charge in [0.15, 0.2) is 0 Å². The van der Waals surface area contributed by atoms with Gasteiger partial charge in [-0.1, -0.05) is 13.0 Å². The number of hydrogen-bond acceptors (Lipinski definition) is 5. The zero-order valence-electron chi connectivity index (χ0n) is 15.9. The van der Waals surface area contributed by atoms with E-state index in [4.69, 9.17) is 4.74 Å². The summed E-state index contributed by atoms with van der Waals surface area (Å²) >= 11 is 0. The Labute approximate surface area is 154 Å². The minimum atomic E-state index is -0.334. The maximum absolute atomic E-state index is 12.6. The van der Waals surface area contributed by atoms with Crippen LogP contribution in [0.1, 0.15) is 49.0 Å². The van der Waals surface area contributed by atoms with Crippen molar-refractivity contribution in [3.63, 3.8) is 0 Å². The maximum atomic E-state index is 12.6. The summed E-state index contributed by atoms with van der Waals surface area (Å²) in [4.78, 5) is 33.2. The van der Waals surface area contributed by atoms with Gasteiger partial charge in [0, 0.05) is 19.2 Å². The number of carbonyl (C=O) groups is 2. The minimum absolute atomic E-state index is 0.00656. The van der Waals surface area contributed by atoms with Crippen molar-refractivity contribution in [2.24, 2.45) is 5.92 Å². The van der Waals surface area contributed by atoms with Crippen LogP contribution in [0.4, 0.5) is 0 Å². The summed E-state index contributed by atoms with van der Waals surface area (Å²) in [7, 11) is 2.02. The van der Waals surface area contributed by atoms with Gasteiger partial charge in [0.05, 0.1) is 25.4 Å². The largest absolute Gasteiger partial charge is 0.461 e. The first-order chi connectivity index (χ1) is 12.5. The minimum Gasteiger partial charge on any atom is -0.461 e. The van der Waals surface area contributed by atoms with E-state index in [0.717, 1.165) is 31.8 Å². The molecular weight excluding hydrogens is 332 g/mol. The average Bonchev–Trinajstić information content (AvgIpc) is 3.39. The zero-order chi connectivity index (χ0) is 18.7. The van der Waals surface area contributed by atoms with Crippen LogP contribution < -0.4 is 0 Å². The number of fused-ring (bicyclic) bond motifs is 1. The fourth-order valence-electron chi connectivity index (χ4n) is 3.36. The fourth-order valence-corrected chi connectivity index (χ4v) is 3.36. The van der Waals surface area contributed by atoms with Gasteiger partial charge in [-0.2, -0.15) is 0 Å². The van der Waals surface area contributed by atoms with E-state index in [1.165, 1.54) is 0 Å². The number of ether oxygens (including phenoxy) is 1. The summed E-state index contributed by atoms with van der Waals surface area (Å²) in [6.45, 7) is 6.97. The van der Waals surface area contributed by atoms with Crippen molar-refractivity contribution in [2.75, 3.05) is 33.3 Å². The van der Waals surface area contributed by atoms with Crippen molar-refractivity contribution < 1.29 is 14.3 Å². The molecule has 1 saturated carbocycles. The van der Waals surface area contributed by atoms with Crippen LogP contribution in [0, 0.1) is 5.92 Å². The molecule has 0 bridgehead atoms. The van der Waals surface area contributed by atoms with Crippen molar-refractivity contribution in [3.05, 3.63) is 29.9 Å². The first-order valence-electron chi connectivity index (χ1n) is 9.42. The number of amides is 1. The van der Waals surface area contributed by atoms with Crippen LogP contribution in [0.2, 0.25) is 0 Å². The Bertz CT molecular complexity index is 693. The summed E-state index contributed by atoms with van der Waals surface area (Å²) in [5, 5.41) is 0. The molecule has 1 aromatic rings. The van der Waals surface area contributed by atoms with Crippen LogP contribution in [0.15, 0.2) is 18.3 Å². The Morgan fingerprint density at radius 2 is 2.15 bits per heavy atom. The lowest BCUT2D eigenvalue weighted by molar-refractivity contribution is -0.128. The van der Waals surface area contributed by atoms with Gasteiger partial charge in [0.1, 0.15) is 11.5 Å². The van der Waals surface area contributed by atoms with E-state index in [9.17, 15) is 9.59 Å². The third-order valence-electron chi connectivity index (χ3n) is 5.12. The van der Waals surface area contributed by atoms with E-state index < -0.39 is 0 Å². The lowest BCUT2D eigenvalue weighted by atomic mass is 10.1. The van der Waals surface area contributed by atoms with E-state index in [1.54, 1.807) is 19.2 Å². The molecule has 3 rings (SSSR count). The van der Waals surface area contributed by atoms with E-state index in [1.807, 2.05) is 22.6 Å². The third kappa shape index (κ3) is 3.98. The molecule has 0 saturated heterocycles. The molecule has 0 radical (unpaired) electrons. The molecule has 1 aliphatic heterocycles. The van der Waals surface area contributed by atoms with E-state index in [2.05, 4.69) is 16.8 Å². The third-order valence-corrected chi connectivity index (χ3v) is 5.12. The Balaban J connectivity index is 1.76. The summed E-state index contributed by atoms with van der Waals surface area (Å²) < 4.78 is 7.17. The molecule has 1 amide bonds. The van der Waals surface area contributed by atoms with E-state index in [-0.39, 0.29) is 17.9 Å². The Hall–Kier alpha value is -2.15. The molecule has 7 nitrogen and oxygen atoms in total. The SMILES string of the molecule is CCOC(=O)c1cnc2n1C(C1CC1)CN(C(=O)/C=C/CN(C)CC)C2. The molecule has 26 heavy (non-hydrogen) atoms. The van der Waals surface area contributed by atoms with Crippen molar-refractivity contribution in [1.82, 2.24) is 19.4 Å². The molecule has 0 aromatic carbocycles. The average molecular weight is 360 g/mol. The van der Waals surface area contributed by atoms with Crippen LogP contribution in [-0.2, 0) is 16.1 Å². The predicted octanol–water partition coefficient (Wildman–Crippen LogP) is 1.86. The van der Waals surface area contributed by atoms with Crippen LogP contribution in [0.5, 0.6) is 0 Å². The number of aromatic nitrogens is 2. The van der Waals surface area contributed by atoms with E-state index in [0.29, 0.717) is 31.3 Å². The Morgan fingerprint density at radius 3 is 2.81 bits per heavy atom. The van der Waals surface area contributed by atoms with Gasteiger partial charge in [-0.15, -0.1) is 0 Å². The fraction of sp³-hybridized carbons (Fsp3) is 0.632. The molecular formula is C19H28N4O3. The molecule has 2 aliphatic rings. The second kappa shape index (κ2) is 8.03. The number of hydrogen-bond donors (Lipinski definition) is 0. The molecule has 2 heterocycles. The van der Waals surface area contributed by atoms with Gasteiger partial charge in [-0.05, 0) is 39.3 Å². The summed E-state index contributed by atoms with van der Waals surface area (Å²) in [6.07, 6.45) is 7.40. The highest BCUT2D eigenvalue weighted by Gasteiger charge is 2.40. The number of carbonyl (C=O) groups excluding carboxylic acids is 2. The van der Waals surface area contributed by atoms with Crippen LogP contribution >= 0.6 is 0 Å².